The SMILES string of the molecule is O=C1C[C@@H]2[C@@H](/C=C/C(CCc3ccccc3)O[C@H]3CCCCO3)[C@H](OC3CCCCO3)C[C@@H]2O1. The van der Waals surface area contributed by atoms with Crippen molar-refractivity contribution >= 4 is 5.97 Å². The Morgan fingerprint density at radius 2 is 1.76 bits per heavy atom. The molecule has 4 aliphatic rings. The van der Waals surface area contributed by atoms with Gasteiger partial charge in [0.1, 0.15) is 6.10 Å². The predicted molar refractivity (Wildman–Crippen MR) is 127 cm³/mol. The monoisotopic (exact) mass is 470 g/mol. The Morgan fingerprint density at radius 1 is 1.00 bits per heavy atom. The molecule has 1 aromatic carbocycles. The highest BCUT2D eigenvalue weighted by Crippen LogP contribution is 2.44. The van der Waals surface area contributed by atoms with E-state index in [1.165, 1.54) is 5.56 Å². The molecule has 5 rings (SSSR count). The summed E-state index contributed by atoms with van der Waals surface area (Å²) >= 11 is 0. The van der Waals surface area contributed by atoms with Gasteiger partial charge in [0.25, 0.3) is 0 Å². The first-order chi connectivity index (χ1) is 16.7. The summed E-state index contributed by atoms with van der Waals surface area (Å²) in [5.41, 5.74) is 1.31. The van der Waals surface area contributed by atoms with Crippen LogP contribution in [0.3, 0.4) is 0 Å². The van der Waals surface area contributed by atoms with E-state index in [4.69, 9.17) is 23.7 Å². The molecule has 3 saturated heterocycles. The van der Waals surface area contributed by atoms with E-state index >= 15 is 0 Å². The lowest BCUT2D eigenvalue weighted by Gasteiger charge is -2.29. The van der Waals surface area contributed by atoms with Crippen LogP contribution in [0.1, 0.15) is 63.4 Å². The van der Waals surface area contributed by atoms with E-state index in [2.05, 4.69) is 36.4 Å². The molecule has 0 N–H and O–H groups in total. The first-order valence-electron chi connectivity index (χ1n) is 13.2. The molecule has 2 unspecified atom stereocenters. The number of benzene rings is 1. The number of carbonyl (C=O) groups excluding carboxylic acids is 1. The summed E-state index contributed by atoms with van der Waals surface area (Å²) in [7, 11) is 0. The minimum Gasteiger partial charge on any atom is -0.462 e. The van der Waals surface area contributed by atoms with Crippen LogP contribution in [0.5, 0.6) is 0 Å². The molecule has 34 heavy (non-hydrogen) atoms. The predicted octanol–water partition coefficient (Wildman–Crippen LogP) is 4.95. The Kier molecular flexibility index (Phi) is 8.33. The summed E-state index contributed by atoms with van der Waals surface area (Å²) in [5, 5.41) is 0. The standard InChI is InChI=1S/C28H38O6/c29-26-18-23-22(24(19-25(23)33-26)34-28-11-5-7-17-31-28)15-14-21(32-27-10-4-6-16-30-27)13-12-20-8-2-1-3-9-20/h1-3,8-9,14-15,21-25,27-28H,4-7,10-13,16-19H2/b15-14+/t21?,22-,23-,24-,25+,27+,28?/m1/s1. The van der Waals surface area contributed by atoms with Crippen LogP contribution < -0.4 is 0 Å². The summed E-state index contributed by atoms with van der Waals surface area (Å²) in [4.78, 5) is 12.0. The quantitative estimate of drug-likeness (QED) is 0.376. The van der Waals surface area contributed by atoms with Crippen molar-refractivity contribution in [3.8, 4) is 0 Å². The van der Waals surface area contributed by atoms with Gasteiger partial charge in [0.2, 0.25) is 0 Å². The van der Waals surface area contributed by atoms with Gasteiger partial charge >= 0.3 is 5.97 Å². The van der Waals surface area contributed by atoms with Gasteiger partial charge in [-0.25, -0.2) is 0 Å². The minimum absolute atomic E-state index is 0.00292. The lowest BCUT2D eigenvalue weighted by Crippen LogP contribution is -2.31. The number of rotatable bonds is 9. The van der Waals surface area contributed by atoms with Crippen molar-refractivity contribution in [2.24, 2.45) is 11.8 Å². The smallest absolute Gasteiger partial charge is 0.306 e. The molecule has 0 radical (unpaired) electrons. The fraction of sp³-hybridized carbons (Fsp3) is 0.679. The molecule has 7 atom stereocenters. The number of hydrogen-bond acceptors (Lipinski definition) is 6. The van der Waals surface area contributed by atoms with E-state index in [9.17, 15) is 4.79 Å². The fourth-order valence-corrected chi connectivity index (χ4v) is 5.75. The molecular formula is C28H38O6. The maximum absolute atomic E-state index is 12.0. The molecule has 186 valence electrons. The van der Waals surface area contributed by atoms with E-state index in [1.807, 2.05) is 6.07 Å². The van der Waals surface area contributed by atoms with Gasteiger partial charge in [-0.2, -0.15) is 0 Å². The molecule has 0 spiro atoms. The second-order valence-electron chi connectivity index (χ2n) is 10.1. The number of esters is 1. The zero-order valence-electron chi connectivity index (χ0n) is 20.0. The lowest BCUT2D eigenvalue weighted by atomic mass is 9.91. The number of aryl methyl sites for hydroxylation is 1. The summed E-state index contributed by atoms with van der Waals surface area (Å²) in [6.45, 7) is 1.53. The van der Waals surface area contributed by atoms with Crippen LogP contribution in [-0.2, 0) is 34.9 Å². The average molecular weight is 471 g/mol. The second kappa shape index (κ2) is 11.8. The van der Waals surface area contributed by atoms with Gasteiger partial charge < -0.3 is 23.7 Å². The maximum atomic E-state index is 12.0. The summed E-state index contributed by atoms with van der Waals surface area (Å²) < 4.78 is 30.2. The van der Waals surface area contributed by atoms with Crippen molar-refractivity contribution < 1.29 is 28.5 Å². The van der Waals surface area contributed by atoms with Crippen molar-refractivity contribution in [3.63, 3.8) is 0 Å². The lowest BCUT2D eigenvalue weighted by molar-refractivity contribution is -0.194. The van der Waals surface area contributed by atoms with E-state index in [-0.39, 0.29) is 48.7 Å². The van der Waals surface area contributed by atoms with Crippen LogP contribution in [0.15, 0.2) is 42.5 Å². The zero-order valence-corrected chi connectivity index (χ0v) is 20.0. The molecule has 0 aromatic heterocycles. The van der Waals surface area contributed by atoms with Gasteiger partial charge in [0.15, 0.2) is 12.6 Å². The van der Waals surface area contributed by atoms with E-state index in [0.717, 1.165) is 71.0 Å². The van der Waals surface area contributed by atoms with Crippen LogP contribution in [0.4, 0.5) is 0 Å². The minimum atomic E-state index is -0.148. The molecule has 3 heterocycles. The average Bonchev–Trinajstić information content (AvgIpc) is 3.38. The van der Waals surface area contributed by atoms with Crippen LogP contribution in [-0.4, -0.2) is 50.1 Å². The zero-order chi connectivity index (χ0) is 23.2. The van der Waals surface area contributed by atoms with Gasteiger partial charge in [0, 0.05) is 31.5 Å². The van der Waals surface area contributed by atoms with Crippen molar-refractivity contribution in [1.29, 1.82) is 0 Å². The number of fused-ring (bicyclic) bond motifs is 1. The van der Waals surface area contributed by atoms with Crippen molar-refractivity contribution in [2.75, 3.05) is 13.2 Å². The third-order valence-corrected chi connectivity index (χ3v) is 7.59. The summed E-state index contributed by atoms with van der Waals surface area (Å²) in [6, 6.07) is 10.5. The fourth-order valence-electron chi connectivity index (χ4n) is 5.75. The first-order valence-corrected chi connectivity index (χ1v) is 13.2. The molecule has 4 fully saturated rings. The van der Waals surface area contributed by atoms with Crippen molar-refractivity contribution in [3.05, 3.63) is 48.0 Å². The number of ether oxygens (including phenoxy) is 5. The first kappa shape index (κ1) is 24.0. The van der Waals surface area contributed by atoms with E-state index in [0.29, 0.717) is 6.42 Å². The van der Waals surface area contributed by atoms with Crippen molar-refractivity contribution in [1.82, 2.24) is 0 Å². The third kappa shape index (κ3) is 6.28. The van der Waals surface area contributed by atoms with E-state index < -0.39 is 0 Å². The van der Waals surface area contributed by atoms with Crippen molar-refractivity contribution in [2.45, 2.75) is 95.1 Å². The van der Waals surface area contributed by atoms with Gasteiger partial charge in [-0.05, 0) is 56.9 Å². The Morgan fingerprint density at radius 3 is 2.50 bits per heavy atom. The molecule has 1 aliphatic carbocycles. The Labute approximate surface area is 202 Å². The van der Waals surface area contributed by atoms with Gasteiger partial charge in [-0.15, -0.1) is 0 Å². The molecule has 0 bridgehead atoms. The number of carbonyl (C=O) groups is 1. The normalized spacial score (nSPS) is 34.8. The second-order valence-corrected chi connectivity index (χ2v) is 10.1. The Balaban J connectivity index is 1.27. The van der Waals surface area contributed by atoms with Crippen LogP contribution >= 0.6 is 0 Å². The van der Waals surface area contributed by atoms with Crippen LogP contribution in [0.2, 0.25) is 0 Å². The molecule has 6 heteroatoms. The number of hydrogen-bond donors (Lipinski definition) is 0. The summed E-state index contributed by atoms with van der Waals surface area (Å²) in [5.74, 6) is 0.198. The van der Waals surface area contributed by atoms with Gasteiger partial charge in [-0.1, -0.05) is 42.5 Å². The van der Waals surface area contributed by atoms with Crippen LogP contribution in [0.25, 0.3) is 0 Å². The van der Waals surface area contributed by atoms with Gasteiger partial charge in [-0.3, -0.25) is 4.79 Å². The molecule has 1 saturated carbocycles. The highest BCUT2D eigenvalue weighted by atomic mass is 16.7. The molecular weight excluding hydrogens is 432 g/mol. The third-order valence-electron chi connectivity index (χ3n) is 7.59. The highest BCUT2D eigenvalue weighted by molar-refractivity contribution is 5.72. The Hall–Kier alpha value is -1.73. The Bertz CT molecular complexity index is 798. The van der Waals surface area contributed by atoms with Gasteiger partial charge in [0.05, 0.1) is 18.6 Å². The molecule has 3 aliphatic heterocycles. The summed E-state index contributed by atoms with van der Waals surface area (Å²) in [6.07, 6.45) is 13.4. The molecule has 1 aromatic rings. The topological polar surface area (TPSA) is 63.2 Å². The van der Waals surface area contributed by atoms with Crippen LogP contribution in [0, 0.1) is 11.8 Å². The highest BCUT2D eigenvalue weighted by Gasteiger charge is 2.50. The largest absolute Gasteiger partial charge is 0.462 e. The van der Waals surface area contributed by atoms with E-state index in [1.54, 1.807) is 0 Å². The maximum Gasteiger partial charge on any atom is 0.306 e. The molecule has 0 amide bonds. The molecule has 6 nitrogen and oxygen atoms in total.